The maximum atomic E-state index is 12.9. The highest BCUT2D eigenvalue weighted by atomic mass is 35.5. The number of nitrogens with one attached hydrogen (secondary N) is 1. The molecule has 1 N–H and O–H groups in total. The first-order chi connectivity index (χ1) is 14.5. The summed E-state index contributed by atoms with van der Waals surface area (Å²) in [6.07, 6.45) is 3.44. The van der Waals surface area contributed by atoms with E-state index in [2.05, 4.69) is 15.4 Å². The maximum Gasteiger partial charge on any atom is 0.276 e. The van der Waals surface area contributed by atoms with Gasteiger partial charge in [-0.3, -0.25) is 9.78 Å². The lowest BCUT2D eigenvalue weighted by Gasteiger charge is -2.08. The molecule has 4 aromatic rings. The number of amides is 1. The number of hydrogen-bond acceptors (Lipinski definition) is 4. The van der Waals surface area contributed by atoms with Crippen molar-refractivity contribution in [3.63, 3.8) is 0 Å². The number of pyridine rings is 1. The number of ether oxygens (including phenoxy) is 1. The van der Waals surface area contributed by atoms with E-state index in [1.807, 2.05) is 55.5 Å². The van der Waals surface area contributed by atoms with Gasteiger partial charge in [0.15, 0.2) is 5.69 Å². The van der Waals surface area contributed by atoms with Crippen LogP contribution in [0, 0.1) is 6.92 Å². The molecule has 0 aliphatic carbocycles. The van der Waals surface area contributed by atoms with Gasteiger partial charge in [0.2, 0.25) is 0 Å². The van der Waals surface area contributed by atoms with Gasteiger partial charge in [0.05, 0.1) is 18.5 Å². The second-order valence-corrected chi connectivity index (χ2v) is 7.09. The van der Waals surface area contributed by atoms with Crippen LogP contribution in [0.15, 0.2) is 73.1 Å². The number of aromatic nitrogens is 3. The summed E-state index contributed by atoms with van der Waals surface area (Å²) in [7, 11) is 1.61. The summed E-state index contributed by atoms with van der Waals surface area (Å²) in [6.45, 7) is 1.91. The van der Waals surface area contributed by atoms with E-state index in [-0.39, 0.29) is 11.6 Å². The number of carbonyl (C=O) groups is 1. The minimum atomic E-state index is -0.327. The number of halogens is 1. The second kappa shape index (κ2) is 8.39. The summed E-state index contributed by atoms with van der Waals surface area (Å²) in [5.74, 6) is 0.412. The third kappa shape index (κ3) is 4.04. The van der Waals surface area contributed by atoms with Crippen molar-refractivity contribution >= 4 is 23.2 Å². The molecule has 0 spiro atoms. The quantitative estimate of drug-likeness (QED) is 0.486. The Morgan fingerprint density at radius 2 is 1.90 bits per heavy atom. The van der Waals surface area contributed by atoms with E-state index in [1.54, 1.807) is 36.3 Å². The third-order valence-electron chi connectivity index (χ3n) is 4.65. The summed E-state index contributed by atoms with van der Waals surface area (Å²) in [5, 5.41) is 7.99. The Labute approximate surface area is 179 Å². The van der Waals surface area contributed by atoms with E-state index in [9.17, 15) is 4.79 Å². The zero-order valence-corrected chi connectivity index (χ0v) is 17.2. The van der Waals surface area contributed by atoms with Gasteiger partial charge >= 0.3 is 0 Å². The van der Waals surface area contributed by atoms with Gasteiger partial charge in [0.1, 0.15) is 5.75 Å². The number of hydrogen-bond donors (Lipinski definition) is 1. The zero-order valence-electron chi connectivity index (χ0n) is 16.5. The van der Waals surface area contributed by atoms with Crippen molar-refractivity contribution in [2.75, 3.05) is 12.4 Å². The van der Waals surface area contributed by atoms with Crippen LogP contribution in [0.1, 0.15) is 16.1 Å². The van der Waals surface area contributed by atoms with Crippen LogP contribution >= 0.6 is 11.6 Å². The molecule has 6 nitrogen and oxygen atoms in total. The fourth-order valence-corrected chi connectivity index (χ4v) is 3.18. The van der Waals surface area contributed by atoms with Crippen molar-refractivity contribution in [3.05, 3.63) is 89.3 Å². The molecule has 2 aromatic carbocycles. The molecule has 0 aliphatic rings. The molecule has 7 heteroatoms. The van der Waals surface area contributed by atoms with Gasteiger partial charge < -0.3 is 10.1 Å². The molecule has 0 bridgehead atoms. The van der Waals surface area contributed by atoms with Gasteiger partial charge in [-0.1, -0.05) is 17.7 Å². The lowest BCUT2D eigenvalue weighted by molar-refractivity contribution is 0.102. The van der Waals surface area contributed by atoms with Gasteiger partial charge in [0, 0.05) is 28.7 Å². The van der Waals surface area contributed by atoms with Crippen LogP contribution in [-0.2, 0) is 0 Å². The van der Waals surface area contributed by atoms with E-state index in [0.717, 1.165) is 28.3 Å². The van der Waals surface area contributed by atoms with Crippen molar-refractivity contribution in [1.82, 2.24) is 14.8 Å². The number of nitrogens with zero attached hydrogens (tertiary/aromatic N) is 3. The molecule has 1 amide bonds. The molecular formula is C23H19ClN4O2. The van der Waals surface area contributed by atoms with Crippen LogP contribution in [-0.4, -0.2) is 27.8 Å². The second-order valence-electron chi connectivity index (χ2n) is 6.68. The average molecular weight is 419 g/mol. The van der Waals surface area contributed by atoms with Crippen LogP contribution in [0.2, 0.25) is 5.02 Å². The smallest absolute Gasteiger partial charge is 0.276 e. The topological polar surface area (TPSA) is 69.0 Å². The minimum Gasteiger partial charge on any atom is -0.497 e. The largest absolute Gasteiger partial charge is 0.497 e. The first-order valence-electron chi connectivity index (χ1n) is 9.27. The highest BCUT2D eigenvalue weighted by Crippen LogP contribution is 2.26. The Kier molecular flexibility index (Phi) is 5.50. The number of carbonyl (C=O) groups excluding carboxylic acids is 1. The van der Waals surface area contributed by atoms with Crippen molar-refractivity contribution in [1.29, 1.82) is 0 Å². The van der Waals surface area contributed by atoms with Gasteiger partial charge in [-0.15, -0.1) is 0 Å². The van der Waals surface area contributed by atoms with Crippen LogP contribution < -0.4 is 10.1 Å². The van der Waals surface area contributed by atoms with Crippen molar-refractivity contribution < 1.29 is 9.53 Å². The predicted molar refractivity (Wildman–Crippen MR) is 117 cm³/mol. The van der Waals surface area contributed by atoms with Crippen LogP contribution in [0.5, 0.6) is 5.75 Å². The van der Waals surface area contributed by atoms with E-state index in [1.165, 1.54) is 0 Å². The molecule has 0 unspecified atom stereocenters. The molecule has 4 rings (SSSR count). The third-order valence-corrected chi connectivity index (χ3v) is 5.05. The maximum absolute atomic E-state index is 12.9. The Hall–Kier alpha value is -3.64. The normalized spacial score (nSPS) is 10.6. The summed E-state index contributed by atoms with van der Waals surface area (Å²) < 4.78 is 6.95. The molecule has 0 fully saturated rings. The van der Waals surface area contributed by atoms with Gasteiger partial charge in [-0.25, -0.2) is 4.68 Å². The summed E-state index contributed by atoms with van der Waals surface area (Å²) in [5.41, 5.74) is 4.22. The molecule has 150 valence electrons. The molecule has 0 saturated heterocycles. The van der Waals surface area contributed by atoms with Crippen molar-refractivity contribution in [3.8, 4) is 22.7 Å². The molecular weight excluding hydrogens is 400 g/mol. The monoisotopic (exact) mass is 418 g/mol. The molecule has 0 atom stereocenters. The van der Waals surface area contributed by atoms with Crippen LogP contribution in [0.4, 0.5) is 5.69 Å². The Morgan fingerprint density at radius 3 is 2.57 bits per heavy atom. The average Bonchev–Trinajstić information content (AvgIpc) is 3.23. The number of anilines is 1. The molecule has 2 heterocycles. The number of benzene rings is 2. The number of aryl methyl sites for hydroxylation is 1. The lowest BCUT2D eigenvalue weighted by Crippen LogP contribution is -2.13. The standard InChI is InChI=1S/C23H19ClN4O2/c1-15-5-6-17(12-20(15)24)26-23(29)21-13-22(16-4-3-11-25-14-16)28(27-21)18-7-9-19(30-2)10-8-18/h3-14H,1-2H3,(H,26,29). The SMILES string of the molecule is COc1ccc(-n2nc(C(=O)Nc3ccc(C)c(Cl)c3)cc2-c2cccnc2)cc1. The van der Waals surface area contributed by atoms with E-state index in [0.29, 0.717) is 10.7 Å². The molecule has 0 aliphatic heterocycles. The highest BCUT2D eigenvalue weighted by molar-refractivity contribution is 6.31. The van der Waals surface area contributed by atoms with Gasteiger partial charge in [-0.2, -0.15) is 5.10 Å². The lowest BCUT2D eigenvalue weighted by atomic mass is 10.2. The number of rotatable bonds is 5. The molecule has 0 saturated carbocycles. The molecule has 2 aromatic heterocycles. The van der Waals surface area contributed by atoms with Crippen molar-refractivity contribution in [2.24, 2.45) is 0 Å². The first-order valence-corrected chi connectivity index (χ1v) is 9.65. The Bertz CT molecular complexity index is 1190. The minimum absolute atomic E-state index is 0.279. The van der Waals surface area contributed by atoms with Crippen molar-refractivity contribution in [2.45, 2.75) is 6.92 Å². The van der Waals surface area contributed by atoms with E-state index >= 15 is 0 Å². The van der Waals surface area contributed by atoms with E-state index < -0.39 is 0 Å². The number of methoxy groups -OCH3 is 1. The summed E-state index contributed by atoms with van der Waals surface area (Å²) >= 11 is 6.17. The summed E-state index contributed by atoms with van der Waals surface area (Å²) in [4.78, 5) is 17.1. The van der Waals surface area contributed by atoms with Crippen LogP contribution in [0.25, 0.3) is 16.9 Å². The molecule has 0 radical (unpaired) electrons. The highest BCUT2D eigenvalue weighted by Gasteiger charge is 2.17. The Balaban J connectivity index is 1.72. The fourth-order valence-electron chi connectivity index (χ4n) is 3.00. The Morgan fingerprint density at radius 1 is 1.10 bits per heavy atom. The molecule has 30 heavy (non-hydrogen) atoms. The predicted octanol–water partition coefficient (Wildman–Crippen LogP) is 5.16. The zero-order chi connectivity index (χ0) is 21.1. The van der Waals surface area contributed by atoms with Gasteiger partial charge in [-0.05, 0) is 67.1 Å². The van der Waals surface area contributed by atoms with Crippen LogP contribution in [0.3, 0.4) is 0 Å². The fraction of sp³-hybridized carbons (Fsp3) is 0.0870. The first kappa shape index (κ1) is 19.7. The summed E-state index contributed by atoms with van der Waals surface area (Å²) in [6, 6.07) is 18.3. The van der Waals surface area contributed by atoms with Gasteiger partial charge in [0.25, 0.3) is 5.91 Å². The van der Waals surface area contributed by atoms with E-state index in [4.69, 9.17) is 16.3 Å².